The van der Waals surface area contributed by atoms with E-state index in [0.29, 0.717) is 0 Å². The molecule has 0 aliphatic rings. The summed E-state index contributed by atoms with van der Waals surface area (Å²) >= 11 is 0. The average Bonchev–Trinajstić information content (AvgIpc) is 1.63. The topological polar surface area (TPSA) is 52.6 Å². The van der Waals surface area contributed by atoms with Crippen molar-refractivity contribution in [2.24, 2.45) is 0 Å². The van der Waals surface area contributed by atoms with Gasteiger partial charge in [0.25, 0.3) is 6.79 Å². The van der Waals surface area contributed by atoms with Crippen molar-refractivity contribution in [3.8, 4) is 0 Å². The average molecular weight is 235 g/mol. The Kier molecular flexibility index (Phi) is 10.5. The normalized spacial score (nSPS) is 11.8. The molecule has 0 rings (SSSR count). The molecule has 0 spiro atoms. The first-order valence-electron chi connectivity index (χ1n) is 2.20. The molecule has 7 heteroatoms. The summed E-state index contributed by atoms with van der Waals surface area (Å²) in [5, 5.41) is 0. The first-order valence-corrected chi connectivity index (χ1v) is 5.45. The van der Waals surface area contributed by atoms with Crippen LogP contribution >= 0.6 is 16.1 Å². The molecule has 0 saturated heterocycles. The monoisotopic (exact) mass is 234 g/mol. The van der Waals surface area contributed by atoms with E-state index in [-0.39, 0.29) is 26.3 Å². The maximum Gasteiger partial charge on any atom is 0.507 e. The van der Waals surface area contributed by atoms with Gasteiger partial charge in [-0.05, 0) is 9.13 Å². The molecule has 0 radical (unpaired) electrons. The zero-order valence-electron chi connectivity index (χ0n) is 5.94. The molecule has 0 amide bonds. The van der Waals surface area contributed by atoms with E-state index in [0.717, 1.165) is 0 Å². The SMILES string of the molecule is C[P+](=O)OCO[P+](C)=O.[Zn]. The summed E-state index contributed by atoms with van der Waals surface area (Å²) in [7, 11) is -3.27. The van der Waals surface area contributed by atoms with Gasteiger partial charge in [-0.2, -0.15) is 0 Å². The number of hydrogen-bond acceptors (Lipinski definition) is 4. The quantitative estimate of drug-likeness (QED) is 0.423. The third kappa shape index (κ3) is 11.5. The standard InChI is InChI=1S/C3H8O4P2.Zn/c1-8(4)6-3-7-9(2)5;/h3H2,1-2H3;/q+2;. The molecule has 0 bridgehead atoms. The molecule has 0 saturated carbocycles. The molecule has 0 fully saturated rings. The van der Waals surface area contributed by atoms with Crippen LogP contribution in [0.2, 0.25) is 0 Å². The summed E-state index contributed by atoms with van der Waals surface area (Å²) in [4.78, 5) is 0. The summed E-state index contributed by atoms with van der Waals surface area (Å²) in [6, 6.07) is 0. The van der Waals surface area contributed by atoms with Crippen LogP contribution < -0.4 is 0 Å². The van der Waals surface area contributed by atoms with Gasteiger partial charge in [0.2, 0.25) is 0 Å². The minimum Gasteiger partial charge on any atom is -0.113 e. The number of rotatable bonds is 4. The molecule has 2 atom stereocenters. The van der Waals surface area contributed by atoms with Crippen molar-refractivity contribution in [2.45, 2.75) is 0 Å². The first-order chi connectivity index (χ1) is 4.13. The summed E-state index contributed by atoms with van der Waals surface area (Å²) < 4.78 is 29.3. The minimum atomic E-state index is -1.63. The van der Waals surface area contributed by atoms with Gasteiger partial charge in [-0.15, -0.1) is 9.05 Å². The second kappa shape index (κ2) is 7.85. The Morgan fingerprint density at radius 1 is 1.10 bits per heavy atom. The number of hydrogen-bond donors (Lipinski definition) is 0. The van der Waals surface area contributed by atoms with Gasteiger partial charge >= 0.3 is 16.1 Å². The maximum absolute atomic E-state index is 10.2. The molecule has 0 aromatic heterocycles. The summed E-state index contributed by atoms with van der Waals surface area (Å²) in [5.74, 6) is 0. The molecule has 54 valence electrons. The van der Waals surface area contributed by atoms with Crippen molar-refractivity contribution >= 4 is 16.1 Å². The fourth-order valence-corrected chi connectivity index (χ4v) is 0.657. The van der Waals surface area contributed by atoms with E-state index in [2.05, 4.69) is 9.05 Å². The molecule has 10 heavy (non-hydrogen) atoms. The Labute approximate surface area is 74.2 Å². The zero-order valence-corrected chi connectivity index (χ0v) is 10.7. The van der Waals surface area contributed by atoms with E-state index in [4.69, 9.17) is 0 Å². The first kappa shape index (κ1) is 13.3. The van der Waals surface area contributed by atoms with E-state index in [9.17, 15) is 9.13 Å². The fourth-order valence-electron chi connectivity index (χ4n) is 0.172. The van der Waals surface area contributed by atoms with E-state index in [1.165, 1.54) is 13.3 Å². The van der Waals surface area contributed by atoms with Crippen LogP contribution in [0.3, 0.4) is 0 Å². The second-order valence-electron chi connectivity index (χ2n) is 1.26. The van der Waals surface area contributed by atoms with E-state index >= 15 is 0 Å². The predicted molar refractivity (Wildman–Crippen MR) is 34.1 cm³/mol. The van der Waals surface area contributed by atoms with Gasteiger partial charge in [0.05, 0.1) is 0 Å². The van der Waals surface area contributed by atoms with Crippen molar-refractivity contribution in [1.29, 1.82) is 0 Å². The molecular formula is C3H8O4P2Zn+2. The van der Waals surface area contributed by atoms with Crippen LogP contribution in [0, 0.1) is 0 Å². The predicted octanol–water partition coefficient (Wildman–Crippen LogP) is 1.72. The largest absolute Gasteiger partial charge is 0.507 e. The van der Waals surface area contributed by atoms with Gasteiger partial charge in [-0.25, -0.2) is 0 Å². The Morgan fingerprint density at radius 2 is 1.40 bits per heavy atom. The molecule has 0 heterocycles. The van der Waals surface area contributed by atoms with E-state index < -0.39 is 16.1 Å². The van der Waals surface area contributed by atoms with Crippen LogP contribution in [0.1, 0.15) is 0 Å². The van der Waals surface area contributed by atoms with Gasteiger partial charge in [-0.3, -0.25) is 0 Å². The fraction of sp³-hybridized carbons (Fsp3) is 1.00. The molecule has 0 aromatic rings. The molecule has 4 nitrogen and oxygen atoms in total. The van der Waals surface area contributed by atoms with Crippen LogP contribution in [0.4, 0.5) is 0 Å². The third-order valence-electron chi connectivity index (χ3n) is 0.469. The molecule has 0 N–H and O–H groups in total. The summed E-state index contributed by atoms with van der Waals surface area (Å²) in [5.41, 5.74) is 0. The van der Waals surface area contributed by atoms with E-state index in [1.54, 1.807) is 0 Å². The van der Waals surface area contributed by atoms with Crippen molar-refractivity contribution in [2.75, 3.05) is 20.1 Å². The van der Waals surface area contributed by atoms with Crippen LogP contribution in [0.25, 0.3) is 0 Å². The Hall–Kier alpha value is 0.743. The van der Waals surface area contributed by atoms with Crippen LogP contribution in [0.5, 0.6) is 0 Å². The Bertz CT molecular complexity index is 114. The third-order valence-corrected chi connectivity index (χ3v) is 1.41. The molecular weight excluding hydrogens is 227 g/mol. The molecule has 0 aromatic carbocycles. The zero-order chi connectivity index (χ0) is 7.28. The van der Waals surface area contributed by atoms with Crippen molar-refractivity contribution in [3.05, 3.63) is 0 Å². The van der Waals surface area contributed by atoms with Crippen LogP contribution in [-0.2, 0) is 37.7 Å². The van der Waals surface area contributed by atoms with Gasteiger partial charge < -0.3 is 0 Å². The molecule has 0 aliphatic carbocycles. The Morgan fingerprint density at radius 3 is 1.60 bits per heavy atom. The van der Waals surface area contributed by atoms with Crippen LogP contribution in [0.15, 0.2) is 0 Å². The van der Waals surface area contributed by atoms with E-state index in [1.807, 2.05) is 0 Å². The second-order valence-corrected chi connectivity index (χ2v) is 3.53. The van der Waals surface area contributed by atoms with Crippen molar-refractivity contribution in [3.63, 3.8) is 0 Å². The van der Waals surface area contributed by atoms with Gasteiger partial charge in [0.1, 0.15) is 0 Å². The molecule has 2 unspecified atom stereocenters. The van der Waals surface area contributed by atoms with Crippen LogP contribution in [-0.4, -0.2) is 20.1 Å². The smallest absolute Gasteiger partial charge is 0.113 e. The van der Waals surface area contributed by atoms with Crippen molar-refractivity contribution in [1.82, 2.24) is 0 Å². The van der Waals surface area contributed by atoms with Gasteiger partial charge in [0, 0.05) is 19.5 Å². The minimum absolute atomic E-state index is 0. The maximum atomic E-state index is 10.2. The van der Waals surface area contributed by atoms with Crippen molar-refractivity contribution < 1.29 is 37.7 Å². The Balaban J connectivity index is 0. The summed E-state index contributed by atoms with van der Waals surface area (Å²) in [6.45, 7) is 2.65. The van der Waals surface area contributed by atoms with Gasteiger partial charge in [0.15, 0.2) is 13.3 Å². The van der Waals surface area contributed by atoms with Gasteiger partial charge in [-0.1, -0.05) is 0 Å². The summed E-state index contributed by atoms with van der Waals surface area (Å²) in [6.07, 6.45) is 0. The molecule has 0 aliphatic heterocycles.